The van der Waals surface area contributed by atoms with Crippen LogP contribution in [-0.4, -0.2) is 46.9 Å². The number of hydrogen-bond donors (Lipinski definition) is 3. The lowest BCUT2D eigenvalue weighted by Crippen LogP contribution is -2.38. The Morgan fingerprint density at radius 3 is 2.73 bits per heavy atom. The Balaban J connectivity index is 1.81. The lowest BCUT2D eigenvalue weighted by Gasteiger charge is -2.16. The molecule has 0 bridgehead atoms. The van der Waals surface area contributed by atoms with Crippen molar-refractivity contribution < 1.29 is 14.8 Å². The second kappa shape index (κ2) is 7.57. The summed E-state index contributed by atoms with van der Waals surface area (Å²) in [4.78, 5) is 23.0. The summed E-state index contributed by atoms with van der Waals surface area (Å²) in [5, 5.41) is 25.9. The van der Waals surface area contributed by atoms with Crippen molar-refractivity contribution in [1.29, 1.82) is 0 Å². The number of thioether (sulfide) groups is 1. The molecule has 8 heteroatoms. The minimum atomic E-state index is -0.453. The Hall–Kier alpha value is -1.64. The Morgan fingerprint density at radius 1 is 1.50 bits per heavy atom. The summed E-state index contributed by atoms with van der Waals surface area (Å²) >= 11 is 1.34. The van der Waals surface area contributed by atoms with Crippen LogP contribution in [0.5, 0.6) is 0 Å². The first kappa shape index (κ1) is 16.7. The third-order valence-electron chi connectivity index (χ3n) is 3.57. The number of benzene rings is 1. The molecule has 3 N–H and O–H groups in total. The van der Waals surface area contributed by atoms with Crippen LogP contribution in [-0.2, 0) is 4.79 Å². The molecule has 120 valence electrons. The molecular formula is C14H19N3O4S. The number of β-amino-alcohol motifs (C(OH)–C–C–N with tert-alkyl or cyclic N) is 1. The number of carbonyl (C=O) groups excluding carboxylic acids is 1. The zero-order chi connectivity index (χ0) is 16.1. The molecule has 2 rings (SSSR count). The number of nitrogens with zero attached hydrogens (tertiary/aromatic N) is 1. The van der Waals surface area contributed by atoms with Crippen molar-refractivity contribution in [3.05, 3.63) is 34.4 Å². The van der Waals surface area contributed by atoms with E-state index in [1.165, 1.54) is 23.9 Å². The highest BCUT2D eigenvalue weighted by atomic mass is 32.2. The van der Waals surface area contributed by atoms with E-state index in [1.807, 2.05) is 0 Å². The van der Waals surface area contributed by atoms with E-state index in [0.717, 1.165) is 4.90 Å². The summed E-state index contributed by atoms with van der Waals surface area (Å²) in [7, 11) is 0. The van der Waals surface area contributed by atoms with E-state index in [1.54, 1.807) is 19.1 Å². The Labute approximate surface area is 132 Å². The van der Waals surface area contributed by atoms with E-state index in [9.17, 15) is 20.0 Å². The smallest absolute Gasteiger partial charge is 0.269 e. The fourth-order valence-electron chi connectivity index (χ4n) is 2.21. The van der Waals surface area contributed by atoms with Gasteiger partial charge in [-0.15, -0.1) is 11.8 Å². The minimum Gasteiger partial charge on any atom is -0.391 e. The van der Waals surface area contributed by atoms with Gasteiger partial charge in [-0.1, -0.05) is 0 Å². The van der Waals surface area contributed by atoms with Gasteiger partial charge >= 0.3 is 0 Å². The van der Waals surface area contributed by atoms with Crippen molar-refractivity contribution >= 4 is 23.4 Å². The van der Waals surface area contributed by atoms with Crippen LogP contribution < -0.4 is 10.6 Å². The molecule has 0 spiro atoms. The van der Waals surface area contributed by atoms with Crippen molar-refractivity contribution in [1.82, 2.24) is 10.6 Å². The van der Waals surface area contributed by atoms with Crippen molar-refractivity contribution in [3.63, 3.8) is 0 Å². The highest BCUT2D eigenvalue weighted by Crippen LogP contribution is 2.25. The van der Waals surface area contributed by atoms with Gasteiger partial charge in [0.1, 0.15) is 0 Å². The largest absolute Gasteiger partial charge is 0.391 e. The summed E-state index contributed by atoms with van der Waals surface area (Å²) < 4.78 is 0. The second-order valence-corrected chi connectivity index (χ2v) is 6.66. The molecule has 3 unspecified atom stereocenters. The molecule has 1 fully saturated rings. The minimum absolute atomic E-state index is 0.0316. The number of carbonyl (C=O) groups is 1. The SMILES string of the molecule is CC(Sc1ccc([N+](=O)[O-])cc1)C(=O)NCC1CNCC1O. The standard InChI is InChI=1S/C14H19N3O4S/c1-9(14(19)16-7-10-6-15-8-13(10)18)22-12-4-2-11(3-5-12)17(20)21/h2-5,9-10,13,15,18H,6-8H2,1H3,(H,16,19). The van der Waals surface area contributed by atoms with Gasteiger partial charge in [-0.2, -0.15) is 0 Å². The van der Waals surface area contributed by atoms with Crippen LogP contribution in [0.1, 0.15) is 6.92 Å². The van der Waals surface area contributed by atoms with Gasteiger partial charge in [0.25, 0.3) is 5.69 Å². The van der Waals surface area contributed by atoms with Gasteiger partial charge in [0.05, 0.1) is 16.3 Å². The van der Waals surface area contributed by atoms with E-state index >= 15 is 0 Å². The van der Waals surface area contributed by atoms with Gasteiger partial charge < -0.3 is 15.7 Å². The molecule has 3 atom stereocenters. The van der Waals surface area contributed by atoms with E-state index < -0.39 is 11.0 Å². The molecule has 1 amide bonds. The van der Waals surface area contributed by atoms with E-state index in [-0.39, 0.29) is 22.8 Å². The number of nitrogens with one attached hydrogen (secondary N) is 2. The number of hydrogen-bond acceptors (Lipinski definition) is 6. The predicted molar refractivity (Wildman–Crippen MR) is 83.8 cm³/mol. The molecule has 1 heterocycles. The number of nitro groups is 1. The monoisotopic (exact) mass is 325 g/mol. The van der Waals surface area contributed by atoms with Gasteiger partial charge in [-0.05, 0) is 19.1 Å². The van der Waals surface area contributed by atoms with Crippen molar-refractivity contribution in [2.24, 2.45) is 5.92 Å². The Kier molecular flexibility index (Phi) is 5.76. The topological polar surface area (TPSA) is 104 Å². The molecule has 1 aromatic carbocycles. The molecule has 0 aromatic heterocycles. The zero-order valence-corrected chi connectivity index (χ0v) is 13.0. The van der Waals surface area contributed by atoms with Crippen molar-refractivity contribution in [2.45, 2.75) is 23.2 Å². The molecule has 7 nitrogen and oxygen atoms in total. The Bertz CT molecular complexity index is 537. The van der Waals surface area contributed by atoms with E-state index in [0.29, 0.717) is 19.6 Å². The van der Waals surface area contributed by atoms with Crippen LogP contribution in [0.25, 0.3) is 0 Å². The first-order chi connectivity index (χ1) is 10.5. The quantitative estimate of drug-likeness (QED) is 0.405. The summed E-state index contributed by atoms with van der Waals surface area (Å²) in [5.74, 6) is -0.0667. The van der Waals surface area contributed by atoms with Crippen LogP contribution >= 0.6 is 11.8 Å². The second-order valence-electron chi connectivity index (χ2n) is 5.24. The number of rotatable bonds is 6. The summed E-state index contributed by atoms with van der Waals surface area (Å²) in [6.45, 7) is 3.49. The number of aliphatic hydroxyl groups is 1. The maximum atomic E-state index is 12.0. The highest BCUT2D eigenvalue weighted by molar-refractivity contribution is 8.00. The molecule has 1 aliphatic rings. The fraction of sp³-hybridized carbons (Fsp3) is 0.500. The van der Waals surface area contributed by atoms with Gasteiger partial charge in [0.2, 0.25) is 5.91 Å². The van der Waals surface area contributed by atoms with Gasteiger partial charge in [0, 0.05) is 42.6 Å². The average molecular weight is 325 g/mol. The van der Waals surface area contributed by atoms with Gasteiger partial charge in [0.15, 0.2) is 0 Å². The molecule has 0 aliphatic carbocycles. The Morgan fingerprint density at radius 2 is 2.18 bits per heavy atom. The van der Waals surface area contributed by atoms with E-state index in [4.69, 9.17) is 0 Å². The fourth-order valence-corrected chi connectivity index (χ4v) is 3.10. The lowest BCUT2D eigenvalue weighted by atomic mass is 10.1. The first-order valence-corrected chi connectivity index (χ1v) is 7.93. The van der Waals surface area contributed by atoms with Crippen LogP contribution in [0.15, 0.2) is 29.2 Å². The van der Waals surface area contributed by atoms with Crippen LogP contribution in [0, 0.1) is 16.0 Å². The molecule has 1 aromatic rings. The van der Waals surface area contributed by atoms with Gasteiger partial charge in [-0.3, -0.25) is 14.9 Å². The summed E-state index contributed by atoms with van der Waals surface area (Å²) in [6, 6.07) is 6.12. The first-order valence-electron chi connectivity index (χ1n) is 7.05. The van der Waals surface area contributed by atoms with Crippen LogP contribution in [0.2, 0.25) is 0 Å². The molecule has 1 aliphatic heterocycles. The highest BCUT2D eigenvalue weighted by Gasteiger charge is 2.26. The van der Waals surface area contributed by atoms with Crippen molar-refractivity contribution in [2.75, 3.05) is 19.6 Å². The van der Waals surface area contributed by atoms with E-state index in [2.05, 4.69) is 10.6 Å². The normalized spacial score (nSPS) is 22.3. The predicted octanol–water partition coefficient (Wildman–Crippen LogP) is 0.772. The zero-order valence-electron chi connectivity index (χ0n) is 12.2. The molecule has 0 radical (unpaired) electrons. The maximum Gasteiger partial charge on any atom is 0.269 e. The number of nitro benzene ring substituents is 1. The van der Waals surface area contributed by atoms with Crippen LogP contribution in [0.3, 0.4) is 0 Å². The molecule has 1 saturated heterocycles. The molecule has 0 saturated carbocycles. The number of aliphatic hydroxyl groups excluding tert-OH is 1. The molecule has 22 heavy (non-hydrogen) atoms. The van der Waals surface area contributed by atoms with Crippen LogP contribution in [0.4, 0.5) is 5.69 Å². The number of non-ortho nitro benzene ring substituents is 1. The maximum absolute atomic E-state index is 12.0. The summed E-state index contributed by atoms with van der Waals surface area (Å²) in [5.41, 5.74) is 0.0316. The third kappa shape index (κ3) is 4.43. The third-order valence-corrected chi connectivity index (χ3v) is 4.68. The number of amides is 1. The summed E-state index contributed by atoms with van der Waals surface area (Å²) in [6.07, 6.45) is -0.419. The average Bonchev–Trinajstić information content (AvgIpc) is 2.90. The van der Waals surface area contributed by atoms with Crippen molar-refractivity contribution in [3.8, 4) is 0 Å². The van der Waals surface area contributed by atoms with Gasteiger partial charge in [-0.25, -0.2) is 0 Å². The lowest BCUT2D eigenvalue weighted by molar-refractivity contribution is -0.384. The molecular weight excluding hydrogens is 306 g/mol.